The maximum absolute atomic E-state index is 10.4. The zero-order chi connectivity index (χ0) is 8.97. The number of hydrogen-bond donors (Lipinski definition) is 0. The molecule has 1 aromatic carbocycles. The van der Waals surface area contributed by atoms with Gasteiger partial charge in [0.15, 0.2) is 18.9 Å². The first-order valence-electron chi connectivity index (χ1n) is 3.23. The van der Waals surface area contributed by atoms with Crippen molar-refractivity contribution in [3.8, 4) is 0 Å². The van der Waals surface area contributed by atoms with Crippen LogP contribution in [0, 0.1) is 6.07 Å². The Morgan fingerprint density at radius 2 is 1.83 bits per heavy atom. The maximum atomic E-state index is 10.4. The summed E-state index contributed by atoms with van der Waals surface area (Å²) in [5, 5.41) is 0. The van der Waals surface area contributed by atoms with Gasteiger partial charge in [-0.15, -0.1) is 0 Å². The van der Waals surface area contributed by atoms with E-state index in [-0.39, 0.29) is 16.7 Å². The third-order valence-electron chi connectivity index (χ3n) is 1.47. The third kappa shape index (κ3) is 1.29. The summed E-state index contributed by atoms with van der Waals surface area (Å²) in [6.45, 7) is 0. The van der Waals surface area contributed by atoms with Crippen molar-refractivity contribution in [1.29, 1.82) is 0 Å². The molecule has 0 saturated carbocycles. The van der Waals surface area contributed by atoms with E-state index < -0.39 is 0 Å². The van der Waals surface area contributed by atoms with Gasteiger partial charge in [0.05, 0.1) is 0 Å². The van der Waals surface area contributed by atoms with Crippen molar-refractivity contribution < 1.29 is 14.4 Å². The fraction of sp³-hybridized carbons (Fsp3) is 0. The Hall–Kier alpha value is -1.77. The summed E-state index contributed by atoms with van der Waals surface area (Å²) in [4.78, 5) is 31.1. The van der Waals surface area contributed by atoms with Crippen LogP contribution in [0.4, 0.5) is 0 Å². The lowest BCUT2D eigenvalue weighted by atomic mass is 10.0. The molecule has 0 spiro atoms. The van der Waals surface area contributed by atoms with Crippen molar-refractivity contribution in [2.75, 3.05) is 0 Å². The van der Waals surface area contributed by atoms with Gasteiger partial charge in [-0.25, -0.2) is 0 Å². The topological polar surface area (TPSA) is 51.2 Å². The molecule has 1 aromatic rings. The molecule has 0 N–H and O–H groups in total. The van der Waals surface area contributed by atoms with E-state index in [1.54, 1.807) is 0 Å². The lowest BCUT2D eigenvalue weighted by molar-refractivity contribution is 0.108. The smallest absolute Gasteiger partial charge is 0.151 e. The van der Waals surface area contributed by atoms with E-state index in [9.17, 15) is 14.4 Å². The second-order valence-corrected chi connectivity index (χ2v) is 2.11. The highest BCUT2D eigenvalue weighted by Crippen LogP contribution is 2.07. The molecule has 59 valence electrons. The van der Waals surface area contributed by atoms with Gasteiger partial charge in [0, 0.05) is 16.7 Å². The molecule has 3 heteroatoms. The Morgan fingerprint density at radius 1 is 1.08 bits per heavy atom. The first-order chi connectivity index (χ1) is 5.83. The van der Waals surface area contributed by atoms with Crippen molar-refractivity contribution in [3.63, 3.8) is 0 Å². The van der Waals surface area contributed by atoms with Crippen LogP contribution >= 0.6 is 0 Å². The van der Waals surface area contributed by atoms with E-state index in [2.05, 4.69) is 6.07 Å². The minimum absolute atomic E-state index is 0.0995. The summed E-state index contributed by atoms with van der Waals surface area (Å²) in [6.07, 6.45) is 1.51. The second kappa shape index (κ2) is 3.57. The number of hydrogen-bond acceptors (Lipinski definition) is 3. The van der Waals surface area contributed by atoms with E-state index in [0.717, 1.165) is 0 Å². The van der Waals surface area contributed by atoms with E-state index in [4.69, 9.17) is 0 Å². The molecular weight excluding hydrogens is 156 g/mol. The van der Waals surface area contributed by atoms with Crippen LogP contribution in [0.25, 0.3) is 0 Å². The fourth-order valence-corrected chi connectivity index (χ4v) is 0.876. The van der Waals surface area contributed by atoms with E-state index in [1.165, 1.54) is 12.1 Å². The second-order valence-electron chi connectivity index (χ2n) is 2.11. The Bertz CT molecular complexity index is 302. The molecule has 1 radical (unpaired) electrons. The molecule has 1 rings (SSSR count). The number of benzene rings is 1. The van der Waals surface area contributed by atoms with Gasteiger partial charge in [-0.1, -0.05) is 12.1 Å². The van der Waals surface area contributed by atoms with Gasteiger partial charge in [0.1, 0.15) is 0 Å². The summed E-state index contributed by atoms with van der Waals surface area (Å²) in [7, 11) is 0. The SMILES string of the molecule is O=Cc1[c]ccc(C=O)c1C=O. The molecule has 0 heterocycles. The molecule has 0 amide bonds. The van der Waals surface area contributed by atoms with Crippen LogP contribution in [-0.2, 0) is 0 Å². The van der Waals surface area contributed by atoms with E-state index in [0.29, 0.717) is 18.9 Å². The first-order valence-corrected chi connectivity index (χ1v) is 3.23. The normalized spacial score (nSPS) is 9.00. The van der Waals surface area contributed by atoms with Gasteiger partial charge >= 0.3 is 0 Å². The number of aldehydes is 3. The van der Waals surface area contributed by atoms with Crippen LogP contribution in [0.15, 0.2) is 12.1 Å². The summed E-state index contributed by atoms with van der Waals surface area (Å²) in [5.41, 5.74) is 0.433. The average Bonchev–Trinajstić information content (AvgIpc) is 2.16. The molecule has 0 fully saturated rings. The Kier molecular flexibility index (Phi) is 2.48. The Balaban J connectivity index is 3.40. The van der Waals surface area contributed by atoms with E-state index >= 15 is 0 Å². The zero-order valence-corrected chi connectivity index (χ0v) is 6.11. The molecule has 0 unspecified atom stereocenters. The Labute approximate surface area is 69.0 Å². The monoisotopic (exact) mass is 161 g/mol. The largest absolute Gasteiger partial charge is 0.298 e. The predicted octanol–water partition coefficient (Wildman–Crippen LogP) is 0.924. The summed E-state index contributed by atoms with van der Waals surface area (Å²) in [6, 6.07) is 5.42. The minimum Gasteiger partial charge on any atom is -0.298 e. The van der Waals surface area contributed by atoms with Crippen LogP contribution in [0.5, 0.6) is 0 Å². The molecule has 0 aliphatic heterocycles. The highest BCUT2D eigenvalue weighted by molar-refractivity contribution is 5.98. The third-order valence-corrected chi connectivity index (χ3v) is 1.47. The molecule has 0 aliphatic carbocycles. The average molecular weight is 161 g/mol. The van der Waals surface area contributed by atoms with Gasteiger partial charge in [0.2, 0.25) is 0 Å². The molecule has 0 aliphatic rings. The highest BCUT2D eigenvalue weighted by Gasteiger charge is 2.05. The molecule has 12 heavy (non-hydrogen) atoms. The van der Waals surface area contributed by atoms with Gasteiger partial charge < -0.3 is 0 Å². The van der Waals surface area contributed by atoms with Crippen molar-refractivity contribution in [3.05, 3.63) is 34.9 Å². The quantitative estimate of drug-likeness (QED) is 0.619. The number of carbonyl (C=O) groups excluding carboxylic acids is 3. The van der Waals surface area contributed by atoms with Gasteiger partial charge in [-0.05, 0) is 6.07 Å². The number of carbonyl (C=O) groups is 3. The van der Waals surface area contributed by atoms with Crippen LogP contribution in [0.2, 0.25) is 0 Å². The van der Waals surface area contributed by atoms with E-state index in [1.807, 2.05) is 0 Å². The van der Waals surface area contributed by atoms with Crippen LogP contribution in [0.3, 0.4) is 0 Å². The maximum Gasteiger partial charge on any atom is 0.151 e. The summed E-state index contributed by atoms with van der Waals surface area (Å²) >= 11 is 0. The molecule has 3 nitrogen and oxygen atoms in total. The Morgan fingerprint density at radius 3 is 2.33 bits per heavy atom. The molecule has 0 atom stereocenters. The minimum atomic E-state index is 0.0995. The van der Waals surface area contributed by atoms with Crippen molar-refractivity contribution in [1.82, 2.24) is 0 Å². The predicted molar refractivity (Wildman–Crippen MR) is 41.4 cm³/mol. The van der Waals surface area contributed by atoms with Crippen molar-refractivity contribution in [2.45, 2.75) is 0 Å². The lowest BCUT2D eigenvalue weighted by Crippen LogP contribution is -1.96. The number of rotatable bonds is 3. The van der Waals surface area contributed by atoms with Gasteiger partial charge in [-0.3, -0.25) is 14.4 Å². The van der Waals surface area contributed by atoms with Crippen LogP contribution in [0.1, 0.15) is 31.1 Å². The molecule has 0 aromatic heterocycles. The van der Waals surface area contributed by atoms with Crippen LogP contribution in [-0.4, -0.2) is 18.9 Å². The molecular formula is C9H5O3. The first kappa shape index (κ1) is 8.33. The lowest BCUT2D eigenvalue weighted by Gasteiger charge is -1.97. The highest BCUT2D eigenvalue weighted by atomic mass is 16.1. The van der Waals surface area contributed by atoms with Gasteiger partial charge in [-0.2, -0.15) is 0 Å². The fourth-order valence-electron chi connectivity index (χ4n) is 0.876. The van der Waals surface area contributed by atoms with Crippen LogP contribution < -0.4 is 0 Å². The summed E-state index contributed by atoms with van der Waals surface area (Å²) in [5.74, 6) is 0. The van der Waals surface area contributed by atoms with Gasteiger partial charge in [0.25, 0.3) is 0 Å². The standard InChI is InChI=1S/C9H5O3/c10-4-7-2-1-3-8(5-11)9(7)6-12/h1-2,4-6H. The van der Waals surface area contributed by atoms with Crippen molar-refractivity contribution >= 4 is 18.9 Å². The molecule has 0 saturated heterocycles. The molecule has 0 bridgehead atoms. The summed E-state index contributed by atoms with van der Waals surface area (Å²) < 4.78 is 0. The van der Waals surface area contributed by atoms with Crippen molar-refractivity contribution in [2.24, 2.45) is 0 Å². The zero-order valence-electron chi connectivity index (χ0n) is 6.11.